The van der Waals surface area contributed by atoms with Crippen molar-refractivity contribution >= 4 is 34.9 Å². The first kappa shape index (κ1) is 24.8. The lowest BCUT2D eigenvalue weighted by atomic mass is 9.92. The lowest BCUT2D eigenvalue weighted by molar-refractivity contribution is 0.100. The molecule has 4 rings (SSSR count). The Morgan fingerprint density at radius 3 is 1.53 bits per heavy atom. The van der Waals surface area contributed by atoms with Gasteiger partial charge in [-0.1, -0.05) is 103 Å². The van der Waals surface area contributed by atoms with Crippen LogP contribution in [0.25, 0.3) is 23.3 Å². The van der Waals surface area contributed by atoms with Crippen LogP contribution in [-0.2, 0) is 0 Å². The minimum Gasteiger partial charge on any atom is -0.295 e. The molecule has 0 aliphatic heterocycles. The highest BCUT2D eigenvalue weighted by atomic mass is 16.1. The van der Waals surface area contributed by atoms with E-state index in [2.05, 4.69) is 74.5 Å². The number of rotatable bonds is 7. The fraction of sp³-hybridized carbons (Fsp3) is 0.118. The van der Waals surface area contributed by atoms with Gasteiger partial charge in [-0.3, -0.25) is 9.59 Å². The Labute approximate surface area is 213 Å². The van der Waals surface area contributed by atoms with Gasteiger partial charge in [-0.15, -0.1) is 0 Å². The molecule has 0 N–H and O–H groups in total. The monoisotopic (exact) mass is 470 g/mol. The Hall–Kier alpha value is -4.30. The molecule has 0 aromatic heterocycles. The molecule has 0 bridgehead atoms. The fourth-order valence-corrected chi connectivity index (χ4v) is 4.13. The number of carbonyl (C=O) groups is 2. The summed E-state index contributed by atoms with van der Waals surface area (Å²) in [5.74, 6) is 0.136. The van der Waals surface area contributed by atoms with E-state index in [0.717, 1.165) is 44.5 Å². The summed E-state index contributed by atoms with van der Waals surface area (Å²) >= 11 is 0. The predicted octanol–water partition coefficient (Wildman–Crippen LogP) is 8.55. The Bertz CT molecular complexity index is 1450. The lowest BCUT2D eigenvalue weighted by Crippen LogP contribution is -1.93. The molecule has 0 unspecified atom stereocenters. The number of ketones is 2. The first-order chi connectivity index (χ1) is 17.3. The van der Waals surface area contributed by atoms with E-state index in [9.17, 15) is 9.59 Å². The molecule has 0 aliphatic rings. The minimum atomic E-state index is 0.0650. The Kier molecular flexibility index (Phi) is 7.56. The highest BCUT2D eigenvalue weighted by molar-refractivity contribution is 5.96. The zero-order chi connectivity index (χ0) is 25.7. The van der Waals surface area contributed by atoms with Crippen LogP contribution in [0.3, 0.4) is 0 Å². The molecule has 0 heterocycles. The fourth-order valence-electron chi connectivity index (χ4n) is 4.13. The zero-order valence-electron chi connectivity index (χ0n) is 21.2. The van der Waals surface area contributed by atoms with Gasteiger partial charge in [0.05, 0.1) is 0 Å². The SMILES string of the molecule is CC(=O)c1ccc(C=C(C)c2cccc(C(=Cc3ccc(C(C)=O)cc3)c3ccc(C)cc3)c2)cc1. The average molecular weight is 471 g/mol. The number of hydrogen-bond donors (Lipinski definition) is 0. The van der Waals surface area contributed by atoms with E-state index >= 15 is 0 Å². The van der Waals surface area contributed by atoms with Gasteiger partial charge in [0, 0.05) is 11.1 Å². The van der Waals surface area contributed by atoms with Crippen molar-refractivity contribution < 1.29 is 9.59 Å². The quantitative estimate of drug-likeness (QED) is 0.200. The third-order valence-electron chi connectivity index (χ3n) is 6.32. The van der Waals surface area contributed by atoms with Crippen LogP contribution in [0.2, 0.25) is 0 Å². The van der Waals surface area contributed by atoms with E-state index in [1.807, 2.05) is 48.5 Å². The molecular weight excluding hydrogens is 440 g/mol. The van der Waals surface area contributed by atoms with Crippen molar-refractivity contribution in [2.45, 2.75) is 27.7 Å². The summed E-state index contributed by atoms with van der Waals surface area (Å²) in [6.07, 6.45) is 4.31. The van der Waals surface area contributed by atoms with E-state index in [1.54, 1.807) is 13.8 Å². The lowest BCUT2D eigenvalue weighted by Gasteiger charge is -2.12. The van der Waals surface area contributed by atoms with Gasteiger partial charge in [0.25, 0.3) is 0 Å². The van der Waals surface area contributed by atoms with Crippen LogP contribution in [-0.4, -0.2) is 11.6 Å². The summed E-state index contributed by atoms with van der Waals surface area (Å²) in [5.41, 5.74) is 10.4. The summed E-state index contributed by atoms with van der Waals surface area (Å²) in [4.78, 5) is 23.3. The van der Waals surface area contributed by atoms with Crippen LogP contribution >= 0.6 is 0 Å². The number of Topliss-reactive ketones (excluding diaryl/α,β-unsaturated/α-hetero) is 2. The molecular formula is C34H30O2. The Morgan fingerprint density at radius 2 is 1.00 bits per heavy atom. The van der Waals surface area contributed by atoms with Crippen LogP contribution in [0.5, 0.6) is 0 Å². The van der Waals surface area contributed by atoms with Gasteiger partial charge in [-0.2, -0.15) is 0 Å². The van der Waals surface area contributed by atoms with E-state index in [4.69, 9.17) is 0 Å². The van der Waals surface area contributed by atoms with Crippen molar-refractivity contribution in [3.8, 4) is 0 Å². The molecule has 0 atom stereocenters. The van der Waals surface area contributed by atoms with Crippen LogP contribution in [0.4, 0.5) is 0 Å². The number of benzene rings is 4. The largest absolute Gasteiger partial charge is 0.295 e. The zero-order valence-corrected chi connectivity index (χ0v) is 21.2. The van der Waals surface area contributed by atoms with E-state index < -0.39 is 0 Å². The summed E-state index contributed by atoms with van der Waals surface area (Å²) in [6, 6.07) is 32.5. The van der Waals surface area contributed by atoms with Gasteiger partial charge in [-0.05, 0) is 78.8 Å². The number of hydrogen-bond acceptors (Lipinski definition) is 2. The summed E-state index contributed by atoms with van der Waals surface area (Å²) < 4.78 is 0. The molecule has 0 spiro atoms. The standard InChI is InChI=1S/C34H30O2/c1-23-8-14-31(15-9-23)34(21-28-12-18-30(19-13-28)26(4)36)33-7-5-6-32(22-33)24(2)20-27-10-16-29(17-11-27)25(3)35/h5-22H,1-4H3. The summed E-state index contributed by atoms with van der Waals surface area (Å²) in [5, 5.41) is 0. The molecule has 178 valence electrons. The molecule has 0 fully saturated rings. The molecule has 36 heavy (non-hydrogen) atoms. The third-order valence-corrected chi connectivity index (χ3v) is 6.32. The van der Waals surface area contributed by atoms with E-state index in [-0.39, 0.29) is 11.6 Å². The second kappa shape index (κ2) is 11.0. The third kappa shape index (κ3) is 6.03. The number of carbonyl (C=O) groups excluding carboxylic acids is 2. The van der Waals surface area contributed by atoms with Gasteiger partial charge >= 0.3 is 0 Å². The van der Waals surface area contributed by atoms with Crippen molar-refractivity contribution in [2.75, 3.05) is 0 Å². The van der Waals surface area contributed by atoms with Gasteiger partial charge in [0.1, 0.15) is 0 Å². The summed E-state index contributed by atoms with van der Waals surface area (Å²) in [6.45, 7) is 7.36. The molecule has 0 amide bonds. The smallest absolute Gasteiger partial charge is 0.159 e. The van der Waals surface area contributed by atoms with Gasteiger partial charge < -0.3 is 0 Å². The van der Waals surface area contributed by atoms with E-state index in [1.165, 1.54) is 5.56 Å². The van der Waals surface area contributed by atoms with Crippen LogP contribution in [0.15, 0.2) is 97.1 Å². The maximum absolute atomic E-state index is 11.7. The normalized spacial score (nSPS) is 11.9. The molecule has 4 aromatic carbocycles. The topological polar surface area (TPSA) is 34.1 Å². The molecule has 2 nitrogen and oxygen atoms in total. The number of aryl methyl sites for hydroxylation is 1. The van der Waals surface area contributed by atoms with Crippen molar-refractivity contribution in [3.63, 3.8) is 0 Å². The van der Waals surface area contributed by atoms with Crippen LogP contribution < -0.4 is 0 Å². The molecule has 0 aliphatic carbocycles. The van der Waals surface area contributed by atoms with Gasteiger partial charge in [0.2, 0.25) is 0 Å². The molecule has 0 saturated heterocycles. The molecule has 4 aromatic rings. The van der Waals surface area contributed by atoms with Crippen molar-refractivity contribution in [1.29, 1.82) is 0 Å². The Morgan fingerprint density at radius 1 is 0.528 bits per heavy atom. The van der Waals surface area contributed by atoms with Crippen molar-refractivity contribution in [2.24, 2.45) is 0 Å². The van der Waals surface area contributed by atoms with Gasteiger partial charge in [0.15, 0.2) is 11.6 Å². The first-order valence-corrected chi connectivity index (χ1v) is 12.1. The summed E-state index contributed by atoms with van der Waals surface area (Å²) in [7, 11) is 0. The van der Waals surface area contributed by atoms with Crippen molar-refractivity contribution in [3.05, 3.63) is 142 Å². The highest BCUT2D eigenvalue weighted by Crippen LogP contribution is 2.29. The van der Waals surface area contributed by atoms with Crippen LogP contribution in [0, 0.1) is 6.92 Å². The second-order valence-electron chi connectivity index (χ2n) is 9.19. The average Bonchev–Trinajstić information content (AvgIpc) is 2.88. The highest BCUT2D eigenvalue weighted by Gasteiger charge is 2.09. The molecule has 2 heteroatoms. The minimum absolute atomic E-state index is 0.0650. The maximum Gasteiger partial charge on any atom is 0.159 e. The number of allylic oxidation sites excluding steroid dienone is 1. The van der Waals surface area contributed by atoms with Crippen LogP contribution in [0.1, 0.15) is 74.9 Å². The van der Waals surface area contributed by atoms with E-state index in [0.29, 0.717) is 5.56 Å². The first-order valence-electron chi connectivity index (χ1n) is 12.1. The van der Waals surface area contributed by atoms with Gasteiger partial charge in [-0.25, -0.2) is 0 Å². The van der Waals surface area contributed by atoms with Crippen molar-refractivity contribution in [1.82, 2.24) is 0 Å². The Balaban J connectivity index is 1.74. The molecule has 0 radical (unpaired) electrons. The second-order valence-corrected chi connectivity index (χ2v) is 9.19. The molecule has 0 saturated carbocycles. The predicted molar refractivity (Wildman–Crippen MR) is 151 cm³/mol. The maximum atomic E-state index is 11.7.